The van der Waals surface area contributed by atoms with Gasteiger partial charge in [-0.3, -0.25) is 10.9 Å². The van der Waals surface area contributed by atoms with Crippen LogP contribution in [0.2, 0.25) is 0 Å². The quantitative estimate of drug-likeness (QED) is 0.879. The minimum Gasteiger partial charge on any atom is -0.378 e. The van der Waals surface area contributed by atoms with Crippen molar-refractivity contribution < 1.29 is 17.9 Å². The number of allylic oxidation sites excluding steroid dienone is 2. The van der Waals surface area contributed by atoms with Crippen molar-refractivity contribution >= 4 is 5.70 Å². The normalized spacial score (nSPS) is 19.0. The lowest BCUT2D eigenvalue weighted by molar-refractivity contribution is -0.137. The van der Waals surface area contributed by atoms with Crippen LogP contribution in [-0.4, -0.2) is 31.2 Å². The van der Waals surface area contributed by atoms with Gasteiger partial charge in [0.05, 0.1) is 24.5 Å². The largest absolute Gasteiger partial charge is 0.416 e. The first-order chi connectivity index (χ1) is 10.5. The summed E-state index contributed by atoms with van der Waals surface area (Å²) >= 11 is 0. The van der Waals surface area contributed by atoms with Crippen molar-refractivity contribution in [1.82, 2.24) is 15.8 Å². The first kappa shape index (κ1) is 14.8. The Balaban J connectivity index is 1.79. The van der Waals surface area contributed by atoms with Gasteiger partial charge in [-0.15, -0.1) is 0 Å². The zero-order valence-electron chi connectivity index (χ0n) is 11.8. The molecule has 7 heteroatoms. The Morgan fingerprint density at radius 3 is 2.45 bits per heavy atom. The molecule has 1 saturated heterocycles. The number of nitrogens with zero attached hydrogens (tertiary/aromatic N) is 1. The second kappa shape index (κ2) is 5.92. The van der Waals surface area contributed by atoms with E-state index in [4.69, 9.17) is 4.74 Å². The Bertz CT molecular complexity index is 604. The van der Waals surface area contributed by atoms with Crippen molar-refractivity contribution in [3.63, 3.8) is 0 Å². The van der Waals surface area contributed by atoms with Gasteiger partial charge in [0, 0.05) is 13.1 Å². The number of hydrazine groups is 1. The maximum absolute atomic E-state index is 12.8. The van der Waals surface area contributed by atoms with Gasteiger partial charge in [-0.25, -0.2) is 0 Å². The van der Waals surface area contributed by atoms with Crippen molar-refractivity contribution in [2.75, 3.05) is 26.3 Å². The minimum atomic E-state index is -4.34. The number of alkyl halides is 3. The van der Waals surface area contributed by atoms with Crippen LogP contribution >= 0.6 is 0 Å². The molecule has 0 radical (unpaired) electrons. The van der Waals surface area contributed by atoms with Gasteiger partial charge in [-0.1, -0.05) is 12.1 Å². The smallest absolute Gasteiger partial charge is 0.378 e. The van der Waals surface area contributed by atoms with E-state index in [2.05, 4.69) is 15.8 Å². The molecule has 2 heterocycles. The number of hydrogen-bond acceptors (Lipinski definition) is 4. The Labute approximate surface area is 126 Å². The molecule has 1 fully saturated rings. The van der Waals surface area contributed by atoms with Crippen molar-refractivity contribution in [2.45, 2.75) is 6.18 Å². The molecule has 0 amide bonds. The lowest BCUT2D eigenvalue weighted by Crippen LogP contribution is -2.45. The Kier molecular flexibility index (Phi) is 3.98. The Morgan fingerprint density at radius 2 is 1.82 bits per heavy atom. The molecule has 0 spiro atoms. The predicted molar refractivity (Wildman–Crippen MR) is 76.2 cm³/mol. The molecule has 0 unspecified atom stereocenters. The van der Waals surface area contributed by atoms with Crippen LogP contribution in [0.25, 0.3) is 5.70 Å². The SMILES string of the molecule is FC(F)(F)c1cccc(C2=CC=C(N3CCOCC3)NN2)c1. The maximum atomic E-state index is 12.8. The molecule has 2 aliphatic rings. The number of morpholine rings is 1. The Morgan fingerprint density at radius 1 is 1.05 bits per heavy atom. The highest BCUT2D eigenvalue weighted by atomic mass is 19.4. The van der Waals surface area contributed by atoms with E-state index in [1.807, 2.05) is 6.08 Å². The molecule has 0 aliphatic carbocycles. The summed E-state index contributed by atoms with van der Waals surface area (Å²) in [6, 6.07) is 5.24. The van der Waals surface area contributed by atoms with E-state index in [1.54, 1.807) is 12.1 Å². The topological polar surface area (TPSA) is 36.5 Å². The second-order valence-corrected chi connectivity index (χ2v) is 5.06. The molecular formula is C15H16F3N3O. The fourth-order valence-electron chi connectivity index (χ4n) is 2.40. The average molecular weight is 311 g/mol. The fraction of sp³-hybridized carbons (Fsp3) is 0.333. The third-order valence-corrected chi connectivity index (χ3v) is 3.59. The summed E-state index contributed by atoms with van der Waals surface area (Å²) < 4.78 is 43.5. The molecule has 1 aromatic carbocycles. The van der Waals surface area contributed by atoms with Gasteiger partial charge in [0.2, 0.25) is 0 Å². The predicted octanol–water partition coefficient (Wildman–Crippen LogP) is 2.33. The summed E-state index contributed by atoms with van der Waals surface area (Å²) in [6.45, 7) is 2.91. The number of halogens is 3. The van der Waals surface area contributed by atoms with Gasteiger partial charge in [0.1, 0.15) is 5.82 Å². The monoisotopic (exact) mass is 311 g/mol. The summed E-state index contributed by atoms with van der Waals surface area (Å²) in [6.07, 6.45) is -0.707. The summed E-state index contributed by atoms with van der Waals surface area (Å²) in [5.74, 6) is 0.888. The molecular weight excluding hydrogens is 295 g/mol. The third-order valence-electron chi connectivity index (χ3n) is 3.59. The number of ether oxygens (including phenoxy) is 1. The minimum absolute atomic E-state index is 0.486. The first-order valence-electron chi connectivity index (χ1n) is 6.98. The summed E-state index contributed by atoms with van der Waals surface area (Å²) in [4.78, 5) is 2.12. The molecule has 0 bridgehead atoms. The lowest BCUT2D eigenvalue weighted by Gasteiger charge is -2.33. The molecule has 2 aliphatic heterocycles. The van der Waals surface area contributed by atoms with Crippen LogP contribution in [0.1, 0.15) is 11.1 Å². The van der Waals surface area contributed by atoms with E-state index in [-0.39, 0.29) is 0 Å². The Hall–Kier alpha value is -2.15. The number of nitrogens with one attached hydrogen (secondary N) is 2. The highest BCUT2D eigenvalue weighted by Crippen LogP contribution is 2.30. The van der Waals surface area contributed by atoms with E-state index < -0.39 is 11.7 Å². The standard InChI is InChI=1S/C15H16F3N3O/c16-15(17,18)12-3-1-2-11(10-12)13-4-5-14(20-19-13)21-6-8-22-9-7-21/h1-5,10,19-20H,6-9H2. The van der Waals surface area contributed by atoms with Gasteiger partial charge in [0.25, 0.3) is 0 Å². The van der Waals surface area contributed by atoms with E-state index in [1.165, 1.54) is 6.07 Å². The van der Waals surface area contributed by atoms with Crippen LogP contribution < -0.4 is 10.9 Å². The van der Waals surface area contributed by atoms with Gasteiger partial charge in [-0.05, 0) is 29.8 Å². The van der Waals surface area contributed by atoms with Gasteiger partial charge < -0.3 is 9.64 Å². The van der Waals surface area contributed by atoms with Crippen LogP contribution in [0.3, 0.4) is 0 Å². The van der Waals surface area contributed by atoms with Crippen molar-refractivity contribution in [3.8, 4) is 0 Å². The van der Waals surface area contributed by atoms with E-state index in [0.717, 1.165) is 31.0 Å². The molecule has 0 saturated carbocycles. The summed E-state index contributed by atoms with van der Waals surface area (Å²) in [5.41, 5.74) is 6.41. The molecule has 0 aromatic heterocycles. The van der Waals surface area contributed by atoms with Crippen LogP contribution in [0.5, 0.6) is 0 Å². The average Bonchev–Trinajstić information content (AvgIpc) is 2.55. The second-order valence-electron chi connectivity index (χ2n) is 5.06. The van der Waals surface area contributed by atoms with Crippen molar-refractivity contribution in [1.29, 1.82) is 0 Å². The molecule has 118 valence electrons. The summed E-state index contributed by atoms with van der Waals surface area (Å²) in [7, 11) is 0. The molecule has 4 nitrogen and oxygen atoms in total. The summed E-state index contributed by atoms with van der Waals surface area (Å²) in [5, 5.41) is 0. The molecule has 0 atom stereocenters. The lowest BCUT2D eigenvalue weighted by atomic mass is 10.1. The van der Waals surface area contributed by atoms with Gasteiger partial charge in [0.15, 0.2) is 0 Å². The van der Waals surface area contributed by atoms with Crippen LogP contribution in [0.4, 0.5) is 13.2 Å². The number of hydrogen-bond donors (Lipinski definition) is 2. The highest BCUT2D eigenvalue weighted by molar-refractivity contribution is 5.67. The van der Waals surface area contributed by atoms with Gasteiger partial charge >= 0.3 is 6.18 Å². The zero-order valence-corrected chi connectivity index (χ0v) is 11.8. The molecule has 3 rings (SSSR count). The highest BCUT2D eigenvalue weighted by Gasteiger charge is 2.30. The zero-order chi connectivity index (χ0) is 15.6. The van der Waals surface area contributed by atoms with Crippen molar-refractivity contribution in [3.05, 3.63) is 53.4 Å². The van der Waals surface area contributed by atoms with Crippen LogP contribution in [0.15, 0.2) is 42.2 Å². The number of benzene rings is 1. The van der Waals surface area contributed by atoms with Crippen molar-refractivity contribution in [2.24, 2.45) is 0 Å². The number of rotatable bonds is 2. The van der Waals surface area contributed by atoms with E-state index in [0.29, 0.717) is 24.5 Å². The van der Waals surface area contributed by atoms with E-state index >= 15 is 0 Å². The molecule has 1 aromatic rings. The third kappa shape index (κ3) is 3.19. The molecule has 22 heavy (non-hydrogen) atoms. The maximum Gasteiger partial charge on any atom is 0.416 e. The van der Waals surface area contributed by atoms with E-state index in [9.17, 15) is 13.2 Å². The first-order valence-corrected chi connectivity index (χ1v) is 6.98. The van der Waals surface area contributed by atoms with Crippen LogP contribution in [-0.2, 0) is 10.9 Å². The molecule has 2 N–H and O–H groups in total. The fourth-order valence-corrected chi connectivity index (χ4v) is 2.40. The van der Waals surface area contributed by atoms with Crippen LogP contribution in [0, 0.1) is 0 Å². The van der Waals surface area contributed by atoms with Gasteiger partial charge in [-0.2, -0.15) is 13.2 Å².